The molecule has 6 nitrogen and oxygen atoms in total. The highest BCUT2D eigenvalue weighted by molar-refractivity contribution is 6.17. The van der Waals surface area contributed by atoms with E-state index in [0.29, 0.717) is 23.5 Å². The molecule has 0 aliphatic rings. The van der Waals surface area contributed by atoms with Crippen LogP contribution in [0.1, 0.15) is 11.1 Å². The third kappa shape index (κ3) is 4.35. The Balaban J connectivity index is 3.48. The van der Waals surface area contributed by atoms with Gasteiger partial charge in [0.05, 0.1) is 28.4 Å². The second-order valence-corrected chi connectivity index (χ2v) is 4.45. The highest BCUT2D eigenvalue weighted by atomic mass is 16.5. The largest absolute Gasteiger partial charge is 0.493 e. The van der Waals surface area contributed by atoms with E-state index in [4.69, 9.17) is 9.47 Å². The van der Waals surface area contributed by atoms with Crippen molar-refractivity contribution in [3.8, 4) is 11.5 Å². The first-order valence-electron chi connectivity index (χ1n) is 6.76. The van der Waals surface area contributed by atoms with Crippen molar-refractivity contribution in [3.05, 3.63) is 41.5 Å². The van der Waals surface area contributed by atoms with Gasteiger partial charge in [0.15, 0.2) is 11.5 Å². The zero-order valence-corrected chi connectivity index (χ0v) is 13.7. The van der Waals surface area contributed by atoms with E-state index in [1.165, 1.54) is 34.5 Å². The molecule has 0 radical (unpaired) electrons. The molecule has 1 aromatic carbocycles. The molecule has 1 aromatic rings. The minimum Gasteiger partial charge on any atom is -0.493 e. The Labute approximate surface area is 135 Å². The molecule has 0 atom stereocenters. The van der Waals surface area contributed by atoms with Gasteiger partial charge in [-0.1, -0.05) is 6.08 Å². The fraction of sp³-hybridized carbons (Fsp3) is 0.294. The predicted octanol–water partition coefficient (Wildman–Crippen LogP) is 2.16. The second-order valence-electron chi connectivity index (χ2n) is 4.45. The Morgan fingerprint density at radius 1 is 1.04 bits per heavy atom. The molecular formula is C17H20O6. The smallest absolute Gasteiger partial charge is 0.345 e. The van der Waals surface area contributed by atoms with Crippen molar-refractivity contribution in [1.29, 1.82) is 0 Å². The van der Waals surface area contributed by atoms with E-state index < -0.39 is 11.9 Å². The van der Waals surface area contributed by atoms with E-state index in [1.54, 1.807) is 18.2 Å². The zero-order valence-electron chi connectivity index (χ0n) is 13.7. The van der Waals surface area contributed by atoms with Crippen LogP contribution >= 0.6 is 0 Å². The summed E-state index contributed by atoms with van der Waals surface area (Å²) in [6.07, 6.45) is 3.63. The number of rotatable bonds is 7. The van der Waals surface area contributed by atoms with Gasteiger partial charge in [0.25, 0.3) is 0 Å². The number of methoxy groups -OCH3 is 4. The van der Waals surface area contributed by atoms with E-state index in [2.05, 4.69) is 16.1 Å². The maximum atomic E-state index is 11.7. The van der Waals surface area contributed by atoms with Gasteiger partial charge in [-0.05, 0) is 30.2 Å². The van der Waals surface area contributed by atoms with Crippen molar-refractivity contribution in [3.63, 3.8) is 0 Å². The molecule has 0 saturated heterocycles. The molecule has 6 heteroatoms. The van der Waals surface area contributed by atoms with Crippen LogP contribution in [0, 0.1) is 0 Å². The molecule has 0 bridgehead atoms. The molecule has 0 fully saturated rings. The first-order valence-corrected chi connectivity index (χ1v) is 6.76. The number of ether oxygens (including phenoxy) is 4. The SMILES string of the molecule is C=CCc1cc(C=C(C(=O)OC)C(=O)OC)cc(OC)c1OC. The van der Waals surface area contributed by atoms with E-state index in [1.807, 2.05) is 0 Å². The van der Waals surface area contributed by atoms with Crippen molar-refractivity contribution < 1.29 is 28.5 Å². The zero-order chi connectivity index (χ0) is 17.4. The van der Waals surface area contributed by atoms with Crippen LogP contribution in [0.15, 0.2) is 30.4 Å². The fourth-order valence-electron chi connectivity index (χ4n) is 2.05. The van der Waals surface area contributed by atoms with Gasteiger partial charge >= 0.3 is 11.9 Å². The first kappa shape index (κ1) is 18.3. The van der Waals surface area contributed by atoms with Crippen molar-refractivity contribution in [2.75, 3.05) is 28.4 Å². The Morgan fingerprint density at radius 2 is 1.65 bits per heavy atom. The lowest BCUT2D eigenvalue weighted by atomic mass is 10.0. The van der Waals surface area contributed by atoms with Crippen molar-refractivity contribution in [1.82, 2.24) is 0 Å². The average Bonchev–Trinajstić information content (AvgIpc) is 2.58. The van der Waals surface area contributed by atoms with Gasteiger partial charge in [-0.25, -0.2) is 9.59 Å². The Morgan fingerprint density at radius 3 is 2.09 bits per heavy atom. The summed E-state index contributed by atoms with van der Waals surface area (Å²) >= 11 is 0. The van der Waals surface area contributed by atoms with Crippen molar-refractivity contribution in [2.24, 2.45) is 0 Å². The van der Waals surface area contributed by atoms with Crippen LogP contribution in [0.3, 0.4) is 0 Å². The Bertz CT molecular complexity index is 612. The molecule has 0 N–H and O–H groups in total. The van der Waals surface area contributed by atoms with Gasteiger partial charge in [0.2, 0.25) is 0 Å². The summed E-state index contributed by atoms with van der Waals surface area (Å²) in [4.78, 5) is 23.5. The number of hydrogen-bond donors (Lipinski definition) is 0. The molecular weight excluding hydrogens is 300 g/mol. The third-order valence-electron chi connectivity index (χ3n) is 3.06. The number of benzene rings is 1. The first-order chi connectivity index (χ1) is 11.0. The van der Waals surface area contributed by atoms with Crippen LogP contribution in [0.2, 0.25) is 0 Å². The van der Waals surface area contributed by atoms with E-state index in [-0.39, 0.29) is 5.57 Å². The number of carbonyl (C=O) groups is 2. The standard InChI is InChI=1S/C17H20O6/c1-6-7-12-8-11(10-14(20-2)15(12)21-3)9-13(16(18)22-4)17(19)23-5/h6,8-10H,1,7H2,2-5H3. The van der Waals surface area contributed by atoms with Crippen molar-refractivity contribution >= 4 is 18.0 Å². The van der Waals surface area contributed by atoms with Crippen LogP contribution in [-0.2, 0) is 25.5 Å². The molecule has 0 amide bonds. The molecule has 0 unspecified atom stereocenters. The van der Waals surface area contributed by atoms with E-state index >= 15 is 0 Å². The molecule has 0 spiro atoms. The molecule has 0 heterocycles. The summed E-state index contributed by atoms with van der Waals surface area (Å²) in [5.74, 6) is -0.511. The van der Waals surface area contributed by atoms with Gasteiger partial charge in [0.1, 0.15) is 5.57 Å². The number of allylic oxidation sites excluding steroid dienone is 1. The molecule has 0 aliphatic carbocycles. The van der Waals surface area contributed by atoms with Crippen LogP contribution in [0.5, 0.6) is 11.5 Å². The normalized spacial score (nSPS) is 9.57. The molecule has 0 aromatic heterocycles. The minimum atomic E-state index is -0.781. The summed E-state index contributed by atoms with van der Waals surface area (Å²) < 4.78 is 19.9. The average molecular weight is 320 g/mol. The van der Waals surface area contributed by atoms with Crippen LogP contribution in [-0.4, -0.2) is 40.4 Å². The number of hydrogen-bond acceptors (Lipinski definition) is 6. The molecule has 124 valence electrons. The maximum absolute atomic E-state index is 11.7. The highest BCUT2D eigenvalue weighted by Gasteiger charge is 2.20. The Hall–Kier alpha value is -2.76. The quantitative estimate of drug-likeness (QED) is 0.252. The lowest BCUT2D eigenvalue weighted by molar-refractivity contribution is -0.143. The Kier molecular flexibility index (Phi) is 6.86. The molecule has 23 heavy (non-hydrogen) atoms. The predicted molar refractivity (Wildman–Crippen MR) is 85.5 cm³/mol. The second kappa shape index (κ2) is 8.63. The van der Waals surface area contributed by atoms with Gasteiger partial charge in [-0.15, -0.1) is 6.58 Å². The summed E-state index contributed by atoms with van der Waals surface area (Å²) in [5.41, 5.74) is 1.17. The van der Waals surface area contributed by atoms with Crippen LogP contribution in [0.4, 0.5) is 0 Å². The van der Waals surface area contributed by atoms with Gasteiger partial charge in [-0.2, -0.15) is 0 Å². The van der Waals surface area contributed by atoms with E-state index in [9.17, 15) is 9.59 Å². The topological polar surface area (TPSA) is 71.1 Å². The van der Waals surface area contributed by atoms with Crippen LogP contribution < -0.4 is 9.47 Å². The molecule has 0 saturated carbocycles. The van der Waals surface area contributed by atoms with Crippen molar-refractivity contribution in [2.45, 2.75) is 6.42 Å². The molecule has 0 aliphatic heterocycles. The maximum Gasteiger partial charge on any atom is 0.345 e. The third-order valence-corrected chi connectivity index (χ3v) is 3.06. The fourth-order valence-corrected chi connectivity index (χ4v) is 2.05. The van der Waals surface area contributed by atoms with E-state index in [0.717, 1.165) is 5.56 Å². The minimum absolute atomic E-state index is 0.216. The lowest BCUT2D eigenvalue weighted by Gasteiger charge is -2.13. The lowest BCUT2D eigenvalue weighted by Crippen LogP contribution is -2.15. The molecule has 1 rings (SSSR count). The number of carbonyl (C=O) groups excluding carboxylic acids is 2. The summed E-state index contributed by atoms with van der Waals surface area (Å²) in [6.45, 7) is 3.70. The van der Waals surface area contributed by atoms with Crippen LogP contribution in [0.25, 0.3) is 6.08 Å². The number of esters is 2. The van der Waals surface area contributed by atoms with Gasteiger partial charge in [0, 0.05) is 5.56 Å². The summed E-state index contributed by atoms with van der Waals surface area (Å²) in [7, 11) is 5.42. The van der Waals surface area contributed by atoms with Gasteiger partial charge < -0.3 is 18.9 Å². The monoisotopic (exact) mass is 320 g/mol. The highest BCUT2D eigenvalue weighted by Crippen LogP contribution is 2.34. The summed E-state index contributed by atoms with van der Waals surface area (Å²) in [6, 6.07) is 3.42. The van der Waals surface area contributed by atoms with Gasteiger partial charge in [-0.3, -0.25) is 0 Å². The summed E-state index contributed by atoms with van der Waals surface area (Å²) in [5, 5.41) is 0.